The molecular weight excluding hydrogens is 311 g/mol. The number of carbonyl (C=O) groups excluding carboxylic acids is 1. The molecule has 0 radical (unpaired) electrons. The third kappa shape index (κ3) is 2.85. The zero-order chi connectivity index (χ0) is 15.0. The molecule has 2 atom stereocenters. The van der Waals surface area contributed by atoms with Crippen molar-refractivity contribution in [3.8, 4) is 5.75 Å². The molecule has 4 nitrogen and oxygen atoms in total. The normalized spacial score (nSPS) is 26.4. The molecule has 2 saturated heterocycles. The van der Waals surface area contributed by atoms with Crippen molar-refractivity contribution in [3.05, 3.63) is 27.7 Å². The van der Waals surface area contributed by atoms with E-state index in [2.05, 4.69) is 5.32 Å². The Balaban J connectivity index is 1.86. The molecule has 0 saturated carbocycles. The van der Waals surface area contributed by atoms with Gasteiger partial charge in [-0.3, -0.25) is 4.79 Å². The lowest BCUT2D eigenvalue weighted by molar-refractivity contribution is -0.136. The quantitative estimate of drug-likeness (QED) is 0.877. The fourth-order valence-corrected chi connectivity index (χ4v) is 3.79. The van der Waals surface area contributed by atoms with Gasteiger partial charge in [0.05, 0.1) is 10.0 Å². The van der Waals surface area contributed by atoms with Crippen molar-refractivity contribution >= 4 is 29.1 Å². The second-order valence-corrected chi connectivity index (χ2v) is 6.51. The Morgan fingerprint density at radius 1 is 1.29 bits per heavy atom. The molecule has 1 amide bonds. The summed E-state index contributed by atoms with van der Waals surface area (Å²) in [5.41, 5.74) is 0.674. The number of rotatable bonds is 2. The van der Waals surface area contributed by atoms with Crippen LogP contribution in [0, 0.1) is 0 Å². The summed E-state index contributed by atoms with van der Waals surface area (Å²) in [6, 6.07) is 3.41. The van der Waals surface area contributed by atoms with Crippen molar-refractivity contribution < 1.29 is 9.90 Å². The number of piperidine rings is 1. The van der Waals surface area contributed by atoms with E-state index in [1.807, 2.05) is 4.90 Å². The lowest BCUT2D eigenvalue weighted by Crippen LogP contribution is -2.46. The fourth-order valence-electron chi connectivity index (χ4n) is 3.31. The van der Waals surface area contributed by atoms with Crippen LogP contribution >= 0.6 is 23.2 Å². The van der Waals surface area contributed by atoms with Crippen LogP contribution in [0.2, 0.25) is 10.0 Å². The van der Waals surface area contributed by atoms with Crippen molar-refractivity contribution in [2.24, 2.45) is 0 Å². The summed E-state index contributed by atoms with van der Waals surface area (Å²) < 4.78 is 0. The maximum Gasteiger partial charge on any atom is 0.222 e. The third-order valence-electron chi connectivity index (χ3n) is 4.44. The Hall–Kier alpha value is -0.970. The molecule has 0 spiro atoms. The number of hydrogen-bond donors (Lipinski definition) is 2. The molecule has 1 aromatic carbocycles. The summed E-state index contributed by atoms with van der Waals surface area (Å²) >= 11 is 12.3. The third-order valence-corrected chi connectivity index (χ3v) is 5.26. The van der Waals surface area contributed by atoms with Gasteiger partial charge in [-0.15, -0.1) is 0 Å². The van der Waals surface area contributed by atoms with Gasteiger partial charge in [0.2, 0.25) is 5.91 Å². The lowest BCUT2D eigenvalue weighted by atomic mass is 9.88. The first-order valence-corrected chi connectivity index (χ1v) is 8.00. The Labute approximate surface area is 134 Å². The van der Waals surface area contributed by atoms with Gasteiger partial charge in [0.25, 0.3) is 0 Å². The highest BCUT2D eigenvalue weighted by Crippen LogP contribution is 2.41. The largest absolute Gasteiger partial charge is 0.508 e. The van der Waals surface area contributed by atoms with Gasteiger partial charge in [0.1, 0.15) is 5.75 Å². The molecule has 2 aliphatic rings. The average Bonchev–Trinajstić information content (AvgIpc) is 2.99. The van der Waals surface area contributed by atoms with Crippen molar-refractivity contribution in [1.82, 2.24) is 10.2 Å². The first kappa shape index (κ1) is 14.9. The summed E-state index contributed by atoms with van der Waals surface area (Å²) in [6.45, 7) is 2.38. The minimum Gasteiger partial charge on any atom is -0.508 e. The number of halogens is 2. The Bertz CT molecular complexity index is 559. The molecule has 2 N–H and O–H groups in total. The van der Waals surface area contributed by atoms with E-state index in [9.17, 15) is 9.90 Å². The van der Waals surface area contributed by atoms with Crippen LogP contribution < -0.4 is 5.32 Å². The molecule has 6 heteroatoms. The summed E-state index contributed by atoms with van der Waals surface area (Å²) in [5.74, 6) is 0.389. The highest BCUT2D eigenvalue weighted by atomic mass is 35.5. The lowest BCUT2D eigenvalue weighted by Gasteiger charge is -2.37. The maximum atomic E-state index is 12.2. The standard InChI is InChI=1S/C15H18Cl2N2O2/c16-11-2-3-12(20)14(15(11)17)9-1-4-13(21)19(8-9)10-5-6-18-7-10/h2-3,9-10,18,20H,1,4-8H2/t9-,10+/m1/s1. The topological polar surface area (TPSA) is 52.6 Å². The number of likely N-dealkylation sites (tertiary alicyclic amines) is 1. The Morgan fingerprint density at radius 3 is 2.81 bits per heavy atom. The van der Waals surface area contributed by atoms with Crippen LogP contribution in [-0.4, -0.2) is 41.6 Å². The van der Waals surface area contributed by atoms with Crippen LogP contribution in [0.25, 0.3) is 0 Å². The summed E-state index contributed by atoms with van der Waals surface area (Å²) in [7, 11) is 0. The van der Waals surface area contributed by atoms with Crippen LogP contribution in [0.4, 0.5) is 0 Å². The van der Waals surface area contributed by atoms with Gasteiger partial charge in [-0.2, -0.15) is 0 Å². The van der Waals surface area contributed by atoms with Gasteiger partial charge in [-0.05, 0) is 31.5 Å². The predicted octanol–water partition coefficient (Wildman–Crippen LogP) is 2.77. The van der Waals surface area contributed by atoms with E-state index in [4.69, 9.17) is 23.2 Å². The van der Waals surface area contributed by atoms with Crippen molar-refractivity contribution in [3.63, 3.8) is 0 Å². The van der Waals surface area contributed by atoms with Crippen molar-refractivity contribution in [2.75, 3.05) is 19.6 Å². The van der Waals surface area contributed by atoms with Crippen LogP contribution in [0.15, 0.2) is 12.1 Å². The molecule has 2 aliphatic heterocycles. The number of benzene rings is 1. The van der Waals surface area contributed by atoms with Gasteiger partial charge in [0, 0.05) is 37.0 Å². The highest BCUT2D eigenvalue weighted by molar-refractivity contribution is 6.42. The molecule has 114 valence electrons. The molecule has 2 heterocycles. The second kappa shape index (κ2) is 6.03. The first-order chi connectivity index (χ1) is 10.1. The molecule has 1 aromatic rings. The monoisotopic (exact) mass is 328 g/mol. The molecule has 0 aliphatic carbocycles. The first-order valence-electron chi connectivity index (χ1n) is 7.25. The number of amides is 1. The van der Waals surface area contributed by atoms with Crippen LogP contribution in [-0.2, 0) is 4.79 Å². The van der Waals surface area contributed by atoms with E-state index in [-0.39, 0.29) is 23.6 Å². The number of nitrogens with zero attached hydrogens (tertiary/aromatic N) is 1. The van der Waals surface area contributed by atoms with Crippen LogP contribution in [0.1, 0.15) is 30.7 Å². The van der Waals surface area contributed by atoms with E-state index in [0.717, 1.165) is 19.5 Å². The minimum atomic E-state index is 0.0366. The molecular formula is C15H18Cl2N2O2. The molecule has 0 unspecified atom stereocenters. The van der Waals surface area contributed by atoms with E-state index in [1.165, 1.54) is 0 Å². The molecule has 21 heavy (non-hydrogen) atoms. The predicted molar refractivity (Wildman–Crippen MR) is 83.1 cm³/mol. The summed E-state index contributed by atoms with van der Waals surface area (Å²) in [6.07, 6.45) is 2.17. The van der Waals surface area contributed by atoms with Gasteiger partial charge < -0.3 is 15.3 Å². The van der Waals surface area contributed by atoms with Gasteiger partial charge in [-0.25, -0.2) is 0 Å². The van der Waals surface area contributed by atoms with Gasteiger partial charge in [0.15, 0.2) is 0 Å². The Morgan fingerprint density at radius 2 is 2.10 bits per heavy atom. The van der Waals surface area contributed by atoms with Crippen molar-refractivity contribution in [1.29, 1.82) is 0 Å². The molecule has 0 bridgehead atoms. The van der Waals surface area contributed by atoms with Crippen LogP contribution in [0.5, 0.6) is 5.75 Å². The second-order valence-electron chi connectivity index (χ2n) is 5.72. The van der Waals surface area contributed by atoms with E-state index >= 15 is 0 Å². The zero-order valence-electron chi connectivity index (χ0n) is 11.6. The number of carbonyl (C=O) groups is 1. The number of aromatic hydroxyl groups is 1. The molecule has 0 aromatic heterocycles. The minimum absolute atomic E-state index is 0.0366. The van der Waals surface area contributed by atoms with Gasteiger partial charge in [-0.1, -0.05) is 23.2 Å². The number of phenolic OH excluding ortho intramolecular Hbond substituents is 1. The van der Waals surface area contributed by atoms with Crippen LogP contribution in [0.3, 0.4) is 0 Å². The summed E-state index contributed by atoms with van der Waals surface area (Å²) in [5, 5.41) is 14.3. The van der Waals surface area contributed by atoms with E-state index in [0.29, 0.717) is 35.0 Å². The fraction of sp³-hybridized carbons (Fsp3) is 0.533. The highest BCUT2D eigenvalue weighted by Gasteiger charge is 2.34. The molecule has 3 rings (SSSR count). The number of hydrogen-bond acceptors (Lipinski definition) is 3. The van der Waals surface area contributed by atoms with Gasteiger partial charge >= 0.3 is 0 Å². The average molecular weight is 329 g/mol. The maximum absolute atomic E-state index is 12.2. The zero-order valence-corrected chi connectivity index (χ0v) is 13.1. The van der Waals surface area contributed by atoms with E-state index in [1.54, 1.807) is 12.1 Å². The number of phenols is 1. The SMILES string of the molecule is O=C1CC[C@@H](c2c(O)ccc(Cl)c2Cl)CN1[C@H]1CCNC1. The smallest absolute Gasteiger partial charge is 0.222 e. The Kier molecular flexibility index (Phi) is 4.29. The van der Waals surface area contributed by atoms with E-state index < -0.39 is 0 Å². The summed E-state index contributed by atoms with van der Waals surface area (Å²) in [4.78, 5) is 14.1. The molecule has 2 fully saturated rings. The van der Waals surface area contributed by atoms with Crippen molar-refractivity contribution in [2.45, 2.75) is 31.2 Å². The number of nitrogens with one attached hydrogen (secondary N) is 1.